The van der Waals surface area contributed by atoms with Gasteiger partial charge in [-0.3, -0.25) is 14.4 Å². The van der Waals surface area contributed by atoms with E-state index >= 15 is 0 Å². The summed E-state index contributed by atoms with van der Waals surface area (Å²) in [5.41, 5.74) is 7.76. The number of para-hydroxylation sites is 1. The van der Waals surface area contributed by atoms with Crippen LogP contribution in [0.5, 0.6) is 0 Å². The number of benzene rings is 2. The third-order valence-corrected chi connectivity index (χ3v) is 4.20. The highest BCUT2D eigenvalue weighted by Gasteiger charge is 2.12. The van der Waals surface area contributed by atoms with E-state index < -0.39 is 5.91 Å². The topological polar surface area (TPSA) is 94.2 Å². The van der Waals surface area contributed by atoms with Crippen molar-refractivity contribution in [2.75, 3.05) is 5.32 Å². The fourth-order valence-corrected chi connectivity index (χ4v) is 2.88. The van der Waals surface area contributed by atoms with Crippen LogP contribution in [-0.2, 0) is 11.3 Å². The number of hydrogen-bond acceptors (Lipinski definition) is 3. The van der Waals surface area contributed by atoms with E-state index in [-0.39, 0.29) is 18.1 Å². The molecule has 1 aromatic heterocycles. The normalized spacial score (nSPS) is 10.7. The number of anilines is 1. The highest BCUT2D eigenvalue weighted by atomic mass is 16.2. The zero-order chi connectivity index (χ0) is 18.7. The second-order valence-corrected chi connectivity index (χ2v) is 6.05. The Balaban J connectivity index is 1.69. The van der Waals surface area contributed by atoms with Gasteiger partial charge < -0.3 is 15.6 Å². The third kappa shape index (κ3) is 3.64. The molecule has 26 heavy (non-hydrogen) atoms. The first-order chi connectivity index (χ1) is 12.5. The molecule has 0 fully saturated rings. The Kier molecular flexibility index (Phi) is 4.84. The molecular formula is C20H19N3O3. The molecule has 3 N–H and O–H groups in total. The Morgan fingerprint density at radius 1 is 1.04 bits per heavy atom. The minimum Gasteiger partial charge on any atom is -0.366 e. The van der Waals surface area contributed by atoms with E-state index in [0.717, 1.165) is 10.9 Å². The number of primary amides is 1. The number of aromatic nitrogens is 1. The van der Waals surface area contributed by atoms with Crippen molar-refractivity contribution in [2.24, 2.45) is 5.73 Å². The zero-order valence-corrected chi connectivity index (χ0v) is 14.4. The molecule has 2 aromatic carbocycles. The number of fused-ring (bicyclic) bond motifs is 1. The van der Waals surface area contributed by atoms with Crippen LogP contribution >= 0.6 is 0 Å². The van der Waals surface area contributed by atoms with E-state index in [9.17, 15) is 14.4 Å². The summed E-state index contributed by atoms with van der Waals surface area (Å²) in [6, 6.07) is 14.0. The summed E-state index contributed by atoms with van der Waals surface area (Å²) in [6.07, 6.45) is 2.05. The van der Waals surface area contributed by atoms with Crippen molar-refractivity contribution in [1.82, 2.24) is 4.57 Å². The second-order valence-electron chi connectivity index (χ2n) is 6.05. The predicted octanol–water partition coefficient (Wildman–Crippen LogP) is 2.97. The number of nitrogens with two attached hydrogens (primary N) is 1. The fraction of sp³-hybridized carbons (Fsp3) is 0.150. The lowest BCUT2D eigenvalue weighted by atomic mass is 10.1. The van der Waals surface area contributed by atoms with Crippen LogP contribution in [0, 0.1) is 0 Å². The highest BCUT2D eigenvalue weighted by Crippen LogP contribution is 2.22. The monoisotopic (exact) mass is 349 g/mol. The number of aryl methyl sites for hydroxylation is 1. The smallest absolute Gasteiger partial charge is 0.248 e. The summed E-state index contributed by atoms with van der Waals surface area (Å²) in [5.74, 6) is -0.665. The number of nitrogens with zero attached hydrogens (tertiary/aromatic N) is 1. The van der Waals surface area contributed by atoms with Crippen LogP contribution in [0.15, 0.2) is 54.7 Å². The largest absolute Gasteiger partial charge is 0.366 e. The first kappa shape index (κ1) is 17.4. The molecule has 6 heteroatoms. The maximum Gasteiger partial charge on any atom is 0.248 e. The standard InChI is InChI=1S/C20H19N3O3/c1-13(24)17-12-23(18-5-3-2-4-16(17)18)11-10-19(25)22-15-8-6-14(7-9-15)20(21)26/h2-9,12H,10-11H2,1H3,(H2,21,26)(H,22,25). The fourth-order valence-electron chi connectivity index (χ4n) is 2.88. The molecule has 6 nitrogen and oxygen atoms in total. The molecule has 0 aliphatic carbocycles. The van der Waals surface area contributed by atoms with Gasteiger partial charge in [0.15, 0.2) is 5.78 Å². The van der Waals surface area contributed by atoms with E-state index in [1.165, 1.54) is 6.92 Å². The van der Waals surface area contributed by atoms with Gasteiger partial charge in [0.1, 0.15) is 0 Å². The summed E-state index contributed by atoms with van der Waals surface area (Å²) in [7, 11) is 0. The van der Waals surface area contributed by atoms with Gasteiger partial charge in [0.05, 0.1) is 0 Å². The van der Waals surface area contributed by atoms with E-state index in [2.05, 4.69) is 5.32 Å². The van der Waals surface area contributed by atoms with Crippen LogP contribution in [0.25, 0.3) is 10.9 Å². The number of carbonyl (C=O) groups excluding carboxylic acids is 3. The van der Waals surface area contributed by atoms with Gasteiger partial charge in [-0.25, -0.2) is 0 Å². The molecule has 0 bridgehead atoms. The number of Topliss-reactive ketones (excluding diaryl/α,β-unsaturated/α-hetero) is 1. The van der Waals surface area contributed by atoms with Crippen molar-refractivity contribution in [3.05, 3.63) is 65.9 Å². The van der Waals surface area contributed by atoms with Crippen molar-refractivity contribution in [1.29, 1.82) is 0 Å². The van der Waals surface area contributed by atoms with Gasteiger partial charge in [-0.2, -0.15) is 0 Å². The lowest BCUT2D eigenvalue weighted by molar-refractivity contribution is -0.116. The van der Waals surface area contributed by atoms with Gasteiger partial charge in [0, 0.05) is 46.9 Å². The van der Waals surface area contributed by atoms with Gasteiger partial charge in [0.2, 0.25) is 11.8 Å². The third-order valence-electron chi connectivity index (χ3n) is 4.20. The minimum atomic E-state index is -0.511. The lowest BCUT2D eigenvalue weighted by Gasteiger charge is -2.07. The van der Waals surface area contributed by atoms with Crippen LogP contribution in [0.1, 0.15) is 34.1 Å². The maximum absolute atomic E-state index is 12.2. The van der Waals surface area contributed by atoms with Crippen molar-refractivity contribution in [3.8, 4) is 0 Å². The average Bonchev–Trinajstić information content (AvgIpc) is 2.99. The van der Waals surface area contributed by atoms with Crippen LogP contribution in [0.4, 0.5) is 5.69 Å². The SMILES string of the molecule is CC(=O)c1cn(CCC(=O)Nc2ccc(C(N)=O)cc2)c2ccccc12. The van der Waals surface area contributed by atoms with E-state index in [1.807, 2.05) is 28.8 Å². The molecule has 0 spiro atoms. The first-order valence-electron chi connectivity index (χ1n) is 8.24. The van der Waals surface area contributed by atoms with E-state index in [1.54, 1.807) is 30.5 Å². The van der Waals surface area contributed by atoms with Crippen molar-refractivity contribution in [3.63, 3.8) is 0 Å². The molecule has 0 saturated heterocycles. The van der Waals surface area contributed by atoms with Crippen LogP contribution in [-0.4, -0.2) is 22.2 Å². The molecule has 132 valence electrons. The summed E-state index contributed by atoms with van der Waals surface area (Å²) in [5, 5.41) is 3.68. The van der Waals surface area contributed by atoms with Gasteiger partial charge in [-0.05, 0) is 37.3 Å². The van der Waals surface area contributed by atoms with Gasteiger partial charge in [0.25, 0.3) is 0 Å². The average molecular weight is 349 g/mol. The van der Waals surface area contributed by atoms with E-state index in [4.69, 9.17) is 5.73 Å². The summed E-state index contributed by atoms with van der Waals surface area (Å²) in [4.78, 5) is 35.1. The molecule has 2 amide bonds. The van der Waals surface area contributed by atoms with Crippen molar-refractivity contribution in [2.45, 2.75) is 19.9 Å². The maximum atomic E-state index is 12.2. The first-order valence-corrected chi connectivity index (χ1v) is 8.24. The van der Waals surface area contributed by atoms with Crippen LogP contribution in [0.2, 0.25) is 0 Å². The number of amides is 2. The van der Waals surface area contributed by atoms with E-state index in [0.29, 0.717) is 23.4 Å². The number of rotatable bonds is 6. The Labute approximate surface area is 150 Å². The second kappa shape index (κ2) is 7.23. The van der Waals surface area contributed by atoms with Crippen molar-refractivity contribution < 1.29 is 14.4 Å². The Morgan fingerprint density at radius 2 is 1.73 bits per heavy atom. The molecule has 0 saturated carbocycles. The number of nitrogens with one attached hydrogen (secondary N) is 1. The summed E-state index contributed by atoms with van der Waals surface area (Å²) in [6.45, 7) is 1.99. The Morgan fingerprint density at radius 3 is 2.38 bits per heavy atom. The van der Waals surface area contributed by atoms with Crippen molar-refractivity contribution >= 4 is 34.2 Å². The molecule has 1 heterocycles. The molecule has 0 aliphatic rings. The molecule has 3 rings (SSSR count). The zero-order valence-electron chi connectivity index (χ0n) is 14.4. The Hall–Kier alpha value is -3.41. The number of hydrogen-bond donors (Lipinski definition) is 2. The van der Waals surface area contributed by atoms with Crippen LogP contribution in [0.3, 0.4) is 0 Å². The lowest BCUT2D eigenvalue weighted by Crippen LogP contribution is -2.15. The number of ketones is 1. The van der Waals surface area contributed by atoms with Crippen LogP contribution < -0.4 is 11.1 Å². The predicted molar refractivity (Wildman–Crippen MR) is 100 cm³/mol. The minimum absolute atomic E-state index is 0.000979. The summed E-state index contributed by atoms with van der Waals surface area (Å²) < 4.78 is 1.92. The molecule has 0 unspecified atom stereocenters. The molecule has 0 aliphatic heterocycles. The van der Waals surface area contributed by atoms with Gasteiger partial charge in [-0.15, -0.1) is 0 Å². The quantitative estimate of drug-likeness (QED) is 0.670. The molecule has 3 aromatic rings. The van der Waals surface area contributed by atoms with Gasteiger partial charge in [-0.1, -0.05) is 18.2 Å². The number of carbonyl (C=O) groups is 3. The molecule has 0 atom stereocenters. The highest BCUT2D eigenvalue weighted by molar-refractivity contribution is 6.07. The Bertz CT molecular complexity index is 987. The molecule has 0 radical (unpaired) electrons. The summed E-state index contributed by atoms with van der Waals surface area (Å²) >= 11 is 0. The molecular weight excluding hydrogens is 330 g/mol. The van der Waals surface area contributed by atoms with Gasteiger partial charge >= 0.3 is 0 Å².